The van der Waals surface area contributed by atoms with Crippen molar-refractivity contribution >= 4 is 21.4 Å². The second-order valence-corrected chi connectivity index (χ2v) is 5.97. The summed E-state index contributed by atoms with van der Waals surface area (Å²) in [5.74, 6) is 0. The molecule has 0 aliphatic rings. The summed E-state index contributed by atoms with van der Waals surface area (Å²) in [5, 5.41) is -0.475. The second-order valence-electron chi connectivity index (χ2n) is 3.73. The van der Waals surface area contributed by atoms with Gasteiger partial charge in [-0.15, -0.1) is 0 Å². The lowest BCUT2D eigenvalue weighted by atomic mass is 10.2. The zero-order chi connectivity index (χ0) is 11.6. The average molecular weight is 228 g/mol. The van der Waals surface area contributed by atoms with Gasteiger partial charge in [-0.25, -0.2) is 8.42 Å². The fourth-order valence-corrected chi connectivity index (χ4v) is 1.89. The fourth-order valence-electron chi connectivity index (χ4n) is 1.09. The molecule has 0 amide bonds. The van der Waals surface area contributed by atoms with Gasteiger partial charge in [0.15, 0.2) is 0 Å². The molecule has 84 valence electrons. The molecule has 0 saturated carbocycles. The first kappa shape index (κ1) is 11.8. The van der Waals surface area contributed by atoms with Crippen LogP contribution in [0.2, 0.25) is 0 Å². The molecule has 0 fully saturated rings. The molecule has 0 aromatic heterocycles. The number of nitrogens with two attached hydrogens (primary N) is 1. The van der Waals surface area contributed by atoms with Gasteiger partial charge in [0.1, 0.15) is 0 Å². The van der Waals surface area contributed by atoms with Gasteiger partial charge in [0.2, 0.25) is 10.0 Å². The zero-order valence-electron chi connectivity index (χ0n) is 9.11. The molecule has 0 aliphatic heterocycles. The van der Waals surface area contributed by atoms with E-state index >= 15 is 0 Å². The first-order valence-corrected chi connectivity index (χ1v) is 6.26. The fraction of sp³-hybridized carbons (Fsp3) is 0.400. The molecule has 0 saturated heterocycles. The summed E-state index contributed by atoms with van der Waals surface area (Å²) < 4.78 is 25.8. The van der Waals surface area contributed by atoms with Gasteiger partial charge in [0, 0.05) is 0 Å². The highest BCUT2D eigenvalue weighted by atomic mass is 32.2. The van der Waals surface area contributed by atoms with Crippen LogP contribution in [0.1, 0.15) is 19.4 Å². The van der Waals surface area contributed by atoms with Gasteiger partial charge in [0.05, 0.1) is 16.6 Å². The van der Waals surface area contributed by atoms with Gasteiger partial charge < -0.3 is 5.73 Å². The first-order valence-electron chi connectivity index (χ1n) is 4.71. The third-order valence-electron chi connectivity index (χ3n) is 2.17. The van der Waals surface area contributed by atoms with Crippen LogP contribution in [0.25, 0.3) is 0 Å². The topological polar surface area (TPSA) is 72.2 Å². The van der Waals surface area contributed by atoms with Crippen LogP contribution < -0.4 is 10.5 Å². The Bertz CT molecular complexity index is 432. The van der Waals surface area contributed by atoms with E-state index in [1.54, 1.807) is 26.0 Å². The van der Waals surface area contributed by atoms with Crippen LogP contribution in [-0.4, -0.2) is 13.7 Å². The molecule has 4 nitrogen and oxygen atoms in total. The summed E-state index contributed by atoms with van der Waals surface area (Å²) in [6.45, 7) is 5.06. The third-order valence-corrected chi connectivity index (χ3v) is 3.90. The highest BCUT2D eigenvalue weighted by molar-refractivity contribution is 7.93. The summed E-state index contributed by atoms with van der Waals surface area (Å²) in [6, 6.07) is 5.28. The molecule has 0 unspecified atom stereocenters. The van der Waals surface area contributed by atoms with Crippen molar-refractivity contribution in [2.75, 3.05) is 10.5 Å². The number of hydrogen-bond donors (Lipinski definition) is 2. The summed E-state index contributed by atoms with van der Waals surface area (Å²) in [6.07, 6.45) is 0. The summed E-state index contributed by atoms with van der Waals surface area (Å²) in [5.41, 5.74) is 7.44. The van der Waals surface area contributed by atoms with Crippen molar-refractivity contribution in [2.24, 2.45) is 0 Å². The van der Waals surface area contributed by atoms with E-state index in [0.717, 1.165) is 5.56 Å². The maximum absolute atomic E-state index is 11.6. The van der Waals surface area contributed by atoms with Crippen LogP contribution >= 0.6 is 0 Å². The number of nitrogens with one attached hydrogen (secondary N) is 1. The van der Waals surface area contributed by atoms with E-state index in [9.17, 15) is 8.42 Å². The van der Waals surface area contributed by atoms with Crippen molar-refractivity contribution in [1.29, 1.82) is 0 Å². The molecular formula is C10H16N2O2S. The first-order chi connectivity index (χ1) is 6.84. The van der Waals surface area contributed by atoms with Crippen LogP contribution in [0, 0.1) is 6.92 Å². The highest BCUT2D eigenvalue weighted by Crippen LogP contribution is 2.24. The van der Waals surface area contributed by atoms with Crippen molar-refractivity contribution in [3.63, 3.8) is 0 Å². The Labute approximate surface area is 90.5 Å². The molecule has 0 atom stereocenters. The van der Waals surface area contributed by atoms with E-state index in [2.05, 4.69) is 4.72 Å². The van der Waals surface area contributed by atoms with Crippen LogP contribution in [0.3, 0.4) is 0 Å². The van der Waals surface area contributed by atoms with Gasteiger partial charge in [-0.1, -0.05) is 12.1 Å². The van der Waals surface area contributed by atoms with E-state index in [0.29, 0.717) is 11.4 Å². The van der Waals surface area contributed by atoms with E-state index < -0.39 is 15.3 Å². The lowest BCUT2D eigenvalue weighted by Crippen LogP contribution is -2.23. The number of hydrogen-bond acceptors (Lipinski definition) is 3. The molecule has 0 bridgehead atoms. The van der Waals surface area contributed by atoms with E-state index in [4.69, 9.17) is 5.73 Å². The number of rotatable bonds is 3. The Morgan fingerprint density at radius 2 is 1.93 bits per heavy atom. The zero-order valence-corrected chi connectivity index (χ0v) is 9.93. The molecule has 1 aromatic carbocycles. The lowest BCUT2D eigenvalue weighted by molar-refractivity contribution is 0.592. The summed E-state index contributed by atoms with van der Waals surface area (Å²) in [4.78, 5) is 0. The summed E-state index contributed by atoms with van der Waals surface area (Å²) in [7, 11) is -3.33. The maximum atomic E-state index is 11.6. The SMILES string of the molecule is Cc1cccc(N)c1NS(=O)(=O)C(C)C. The number of aryl methyl sites for hydroxylation is 1. The smallest absolute Gasteiger partial charge is 0.235 e. The van der Waals surface area contributed by atoms with Gasteiger partial charge in [0.25, 0.3) is 0 Å². The Hall–Kier alpha value is -1.23. The van der Waals surface area contributed by atoms with Crippen molar-refractivity contribution in [1.82, 2.24) is 0 Å². The quantitative estimate of drug-likeness (QED) is 0.774. The van der Waals surface area contributed by atoms with Crippen LogP contribution in [0.4, 0.5) is 11.4 Å². The largest absolute Gasteiger partial charge is 0.397 e. The van der Waals surface area contributed by atoms with Crippen LogP contribution in [0.5, 0.6) is 0 Å². The monoisotopic (exact) mass is 228 g/mol. The number of nitrogen functional groups attached to an aromatic ring is 1. The third kappa shape index (κ3) is 2.62. The lowest BCUT2D eigenvalue weighted by Gasteiger charge is -2.14. The number of benzene rings is 1. The molecule has 0 heterocycles. The molecule has 0 spiro atoms. The number of sulfonamides is 1. The minimum Gasteiger partial charge on any atom is -0.397 e. The second kappa shape index (κ2) is 4.10. The predicted octanol–water partition coefficient (Wildman–Crippen LogP) is 1.73. The van der Waals surface area contributed by atoms with E-state index in [1.165, 1.54) is 0 Å². The average Bonchev–Trinajstić information content (AvgIpc) is 2.11. The summed E-state index contributed by atoms with van der Waals surface area (Å²) >= 11 is 0. The Morgan fingerprint density at radius 3 is 2.40 bits per heavy atom. The van der Waals surface area contributed by atoms with Gasteiger partial charge >= 0.3 is 0 Å². The number of para-hydroxylation sites is 1. The van der Waals surface area contributed by atoms with E-state index in [-0.39, 0.29) is 0 Å². The van der Waals surface area contributed by atoms with Crippen molar-refractivity contribution in [2.45, 2.75) is 26.0 Å². The highest BCUT2D eigenvalue weighted by Gasteiger charge is 2.17. The minimum absolute atomic E-state index is 0.444. The molecule has 1 rings (SSSR count). The van der Waals surface area contributed by atoms with Gasteiger partial charge in [-0.2, -0.15) is 0 Å². The molecule has 15 heavy (non-hydrogen) atoms. The molecule has 1 aromatic rings. The van der Waals surface area contributed by atoms with Crippen LogP contribution in [-0.2, 0) is 10.0 Å². The van der Waals surface area contributed by atoms with Crippen molar-refractivity contribution < 1.29 is 8.42 Å². The minimum atomic E-state index is -3.33. The Kier molecular flexibility index (Phi) is 3.24. The molecular weight excluding hydrogens is 212 g/mol. The van der Waals surface area contributed by atoms with E-state index in [1.807, 2.05) is 13.0 Å². The molecule has 3 N–H and O–H groups in total. The standard InChI is InChI=1S/C10H16N2O2S/c1-7(2)15(13,14)12-10-8(3)5-4-6-9(10)11/h4-7,12H,11H2,1-3H3. The molecule has 0 aliphatic carbocycles. The van der Waals surface area contributed by atoms with Crippen LogP contribution in [0.15, 0.2) is 18.2 Å². The molecule has 0 radical (unpaired) electrons. The predicted molar refractivity (Wildman–Crippen MR) is 63.3 cm³/mol. The van der Waals surface area contributed by atoms with Gasteiger partial charge in [-0.05, 0) is 32.4 Å². The maximum Gasteiger partial charge on any atom is 0.235 e. The number of anilines is 2. The van der Waals surface area contributed by atoms with Gasteiger partial charge in [-0.3, -0.25) is 4.72 Å². The Morgan fingerprint density at radius 1 is 1.33 bits per heavy atom. The Balaban J connectivity index is 3.11. The normalized spacial score (nSPS) is 11.7. The molecule has 5 heteroatoms. The van der Waals surface area contributed by atoms with Crippen molar-refractivity contribution in [3.8, 4) is 0 Å². The van der Waals surface area contributed by atoms with Crippen molar-refractivity contribution in [3.05, 3.63) is 23.8 Å².